The van der Waals surface area contributed by atoms with Crippen LogP contribution >= 0.6 is 0 Å². The number of hydrogen-bond donors (Lipinski definition) is 1. The molecule has 0 aliphatic carbocycles. The molecule has 0 bridgehead atoms. The van der Waals surface area contributed by atoms with Crippen LogP contribution in [0.2, 0.25) is 0 Å². The van der Waals surface area contributed by atoms with Gasteiger partial charge in [0.15, 0.2) is 0 Å². The molecular formula is C15H20N2. The quantitative estimate of drug-likeness (QED) is 0.852. The van der Waals surface area contributed by atoms with Gasteiger partial charge >= 0.3 is 0 Å². The van der Waals surface area contributed by atoms with E-state index in [9.17, 15) is 0 Å². The second-order valence-electron chi connectivity index (χ2n) is 4.70. The minimum absolute atomic E-state index is 0.443. The van der Waals surface area contributed by atoms with Crippen molar-refractivity contribution in [2.75, 3.05) is 5.32 Å². The third-order valence-electron chi connectivity index (χ3n) is 3.54. The van der Waals surface area contributed by atoms with Gasteiger partial charge in [-0.1, -0.05) is 44.5 Å². The van der Waals surface area contributed by atoms with Crippen LogP contribution in [-0.2, 0) is 0 Å². The molecule has 0 saturated heterocycles. The van der Waals surface area contributed by atoms with E-state index in [1.807, 2.05) is 6.20 Å². The van der Waals surface area contributed by atoms with Crippen molar-refractivity contribution in [2.45, 2.75) is 33.2 Å². The van der Waals surface area contributed by atoms with Crippen LogP contribution in [0.3, 0.4) is 0 Å². The molecule has 2 atom stereocenters. The summed E-state index contributed by atoms with van der Waals surface area (Å²) in [5, 5.41) is 5.96. The lowest BCUT2D eigenvalue weighted by Crippen LogP contribution is -2.23. The molecular weight excluding hydrogens is 208 g/mol. The lowest BCUT2D eigenvalue weighted by atomic mass is 10.0. The summed E-state index contributed by atoms with van der Waals surface area (Å²) in [5.74, 6) is 1.65. The zero-order chi connectivity index (χ0) is 12.3. The SMILES string of the molecule is CCC(C)C(C)Nc1nccc2ccccc12. The predicted molar refractivity (Wildman–Crippen MR) is 74.3 cm³/mol. The first-order valence-electron chi connectivity index (χ1n) is 6.32. The molecule has 1 aromatic carbocycles. The van der Waals surface area contributed by atoms with E-state index in [-0.39, 0.29) is 0 Å². The highest BCUT2D eigenvalue weighted by atomic mass is 15.0. The Morgan fingerprint density at radius 1 is 1.18 bits per heavy atom. The molecule has 0 fully saturated rings. The van der Waals surface area contributed by atoms with E-state index in [0.29, 0.717) is 12.0 Å². The average molecular weight is 228 g/mol. The number of pyridine rings is 1. The summed E-state index contributed by atoms with van der Waals surface area (Å²) in [6, 6.07) is 10.9. The average Bonchev–Trinajstić information content (AvgIpc) is 2.38. The van der Waals surface area contributed by atoms with Gasteiger partial charge in [0, 0.05) is 17.6 Å². The summed E-state index contributed by atoms with van der Waals surface area (Å²) in [6.45, 7) is 6.71. The molecule has 2 nitrogen and oxygen atoms in total. The maximum absolute atomic E-state index is 4.45. The fourth-order valence-corrected chi connectivity index (χ4v) is 1.95. The number of nitrogens with one attached hydrogen (secondary N) is 1. The molecule has 1 N–H and O–H groups in total. The van der Waals surface area contributed by atoms with Crippen LogP contribution in [0, 0.1) is 5.92 Å². The summed E-state index contributed by atoms with van der Waals surface area (Å²) < 4.78 is 0. The summed E-state index contributed by atoms with van der Waals surface area (Å²) >= 11 is 0. The van der Waals surface area contributed by atoms with E-state index in [4.69, 9.17) is 0 Å². The predicted octanol–water partition coefficient (Wildman–Crippen LogP) is 4.08. The molecule has 1 aromatic heterocycles. The van der Waals surface area contributed by atoms with E-state index in [0.717, 1.165) is 5.82 Å². The number of nitrogens with zero attached hydrogens (tertiary/aromatic N) is 1. The number of anilines is 1. The third kappa shape index (κ3) is 2.57. The van der Waals surface area contributed by atoms with Crippen molar-refractivity contribution in [1.82, 2.24) is 4.98 Å². The molecule has 0 aliphatic rings. The Labute approximate surface area is 103 Å². The highest BCUT2D eigenvalue weighted by Gasteiger charge is 2.11. The van der Waals surface area contributed by atoms with E-state index >= 15 is 0 Å². The first-order valence-corrected chi connectivity index (χ1v) is 6.32. The maximum atomic E-state index is 4.45. The monoisotopic (exact) mass is 228 g/mol. The van der Waals surface area contributed by atoms with Gasteiger partial charge in [0.1, 0.15) is 5.82 Å². The molecule has 2 unspecified atom stereocenters. The Morgan fingerprint density at radius 2 is 1.94 bits per heavy atom. The van der Waals surface area contributed by atoms with Gasteiger partial charge in [0.05, 0.1) is 0 Å². The van der Waals surface area contributed by atoms with Gasteiger partial charge in [-0.3, -0.25) is 0 Å². The highest BCUT2D eigenvalue weighted by molar-refractivity contribution is 5.91. The molecule has 2 rings (SSSR count). The van der Waals surface area contributed by atoms with Crippen molar-refractivity contribution in [2.24, 2.45) is 5.92 Å². The van der Waals surface area contributed by atoms with Gasteiger partial charge in [-0.05, 0) is 24.3 Å². The fourth-order valence-electron chi connectivity index (χ4n) is 1.95. The van der Waals surface area contributed by atoms with E-state index < -0.39 is 0 Å². The van der Waals surface area contributed by atoms with Crippen molar-refractivity contribution in [3.05, 3.63) is 36.5 Å². The number of rotatable bonds is 4. The van der Waals surface area contributed by atoms with Crippen LogP contribution in [0.15, 0.2) is 36.5 Å². The molecule has 90 valence electrons. The second kappa shape index (κ2) is 5.17. The molecule has 0 amide bonds. The van der Waals surface area contributed by atoms with Crippen LogP contribution in [0.1, 0.15) is 27.2 Å². The molecule has 0 radical (unpaired) electrons. The Morgan fingerprint density at radius 3 is 2.71 bits per heavy atom. The van der Waals surface area contributed by atoms with Crippen molar-refractivity contribution in [1.29, 1.82) is 0 Å². The first kappa shape index (κ1) is 11.9. The molecule has 2 aromatic rings. The van der Waals surface area contributed by atoms with Crippen LogP contribution in [0.25, 0.3) is 10.8 Å². The molecule has 2 heteroatoms. The minimum Gasteiger partial charge on any atom is -0.367 e. The summed E-state index contributed by atoms with van der Waals surface area (Å²) in [4.78, 5) is 4.45. The van der Waals surface area contributed by atoms with Crippen LogP contribution in [-0.4, -0.2) is 11.0 Å². The molecule has 0 aliphatic heterocycles. The number of benzene rings is 1. The molecule has 1 heterocycles. The summed E-state index contributed by atoms with van der Waals surface area (Å²) in [5.41, 5.74) is 0. The van der Waals surface area contributed by atoms with Crippen molar-refractivity contribution in [3.8, 4) is 0 Å². The molecule has 17 heavy (non-hydrogen) atoms. The normalized spacial score (nSPS) is 14.5. The number of fused-ring (bicyclic) bond motifs is 1. The van der Waals surface area contributed by atoms with E-state index in [1.165, 1.54) is 17.2 Å². The lowest BCUT2D eigenvalue weighted by Gasteiger charge is -2.21. The van der Waals surface area contributed by atoms with Crippen LogP contribution in [0.5, 0.6) is 0 Å². The summed E-state index contributed by atoms with van der Waals surface area (Å²) in [7, 11) is 0. The Kier molecular flexibility index (Phi) is 3.62. The van der Waals surface area contributed by atoms with E-state index in [1.54, 1.807) is 0 Å². The van der Waals surface area contributed by atoms with Crippen molar-refractivity contribution >= 4 is 16.6 Å². The van der Waals surface area contributed by atoms with Gasteiger partial charge in [0.25, 0.3) is 0 Å². The smallest absolute Gasteiger partial charge is 0.134 e. The van der Waals surface area contributed by atoms with Crippen LogP contribution < -0.4 is 5.32 Å². The van der Waals surface area contributed by atoms with Crippen LogP contribution in [0.4, 0.5) is 5.82 Å². The Bertz CT molecular complexity index is 488. The largest absolute Gasteiger partial charge is 0.367 e. The maximum Gasteiger partial charge on any atom is 0.134 e. The number of aromatic nitrogens is 1. The lowest BCUT2D eigenvalue weighted by molar-refractivity contribution is 0.494. The minimum atomic E-state index is 0.443. The van der Waals surface area contributed by atoms with Crippen molar-refractivity contribution < 1.29 is 0 Å². The Hall–Kier alpha value is -1.57. The van der Waals surface area contributed by atoms with E-state index in [2.05, 4.69) is 61.4 Å². The number of hydrogen-bond acceptors (Lipinski definition) is 2. The van der Waals surface area contributed by atoms with Gasteiger partial charge in [-0.2, -0.15) is 0 Å². The summed E-state index contributed by atoms with van der Waals surface area (Å²) in [6.07, 6.45) is 3.05. The van der Waals surface area contributed by atoms with Crippen molar-refractivity contribution in [3.63, 3.8) is 0 Å². The topological polar surface area (TPSA) is 24.9 Å². The first-order chi connectivity index (χ1) is 8.22. The fraction of sp³-hybridized carbons (Fsp3) is 0.400. The van der Waals surface area contributed by atoms with Gasteiger partial charge < -0.3 is 5.32 Å². The third-order valence-corrected chi connectivity index (χ3v) is 3.54. The zero-order valence-electron chi connectivity index (χ0n) is 10.8. The zero-order valence-corrected chi connectivity index (χ0v) is 10.8. The van der Waals surface area contributed by atoms with Gasteiger partial charge in [-0.15, -0.1) is 0 Å². The standard InChI is InChI=1S/C15H20N2/c1-4-11(2)12(3)17-15-14-8-6-5-7-13(14)9-10-16-15/h5-12H,4H2,1-3H3,(H,16,17). The molecule has 0 saturated carbocycles. The molecule has 0 spiro atoms. The second-order valence-corrected chi connectivity index (χ2v) is 4.70. The van der Waals surface area contributed by atoms with Gasteiger partial charge in [-0.25, -0.2) is 4.98 Å². The van der Waals surface area contributed by atoms with Gasteiger partial charge in [0.2, 0.25) is 0 Å². The Balaban J connectivity index is 2.30. The highest BCUT2D eigenvalue weighted by Crippen LogP contribution is 2.22.